The summed E-state index contributed by atoms with van der Waals surface area (Å²) in [6.07, 6.45) is 5.53. The highest BCUT2D eigenvalue weighted by Gasteiger charge is 2.39. The van der Waals surface area contributed by atoms with Crippen LogP contribution in [-0.2, 0) is 4.74 Å². The molecule has 1 saturated heterocycles. The Kier molecular flexibility index (Phi) is 4.74. The van der Waals surface area contributed by atoms with Crippen molar-refractivity contribution in [1.29, 1.82) is 0 Å². The van der Waals surface area contributed by atoms with E-state index in [0.29, 0.717) is 29.8 Å². The van der Waals surface area contributed by atoms with E-state index in [0.717, 1.165) is 38.5 Å². The Morgan fingerprint density at radius 2 is 1.93 bits per heavy atom. The molecule has 2 heterocycles. The molecule has 144 valence electrons. The quantitative estimate of drug-likeness (QED) is 0.763. The third kappa shape index (κ3) is 3.26. The molecule has 27 heavy (non-hydrogen) atoms. The first-order chi connectivity index (χ1) is 13.0. The summed E-state index contributed by atoms with van der Waals surface area (Å²) in [7, 11) is 0. The van der Waals surface area contributed by atoms with Gasteiger partial charge in [0, 0.05) is 18.7 Å². The fourth-order valence-corrected chi connectivity index (χ4v) is 4.33. The minimum Gasteiger partial charge on any atom is -0.376 e. The molecule has 2 aliphatic heterocycles. The highest BCUT2D eigenvalue weighted by molar-refractivity contribution is 6.22. The maximum atomic E-state index is 12.7. The number of nitrogens with one attached hydrogen (secondary N) is 1. The maximum Gasteiger partial charge on any atom is 0.261 e. The Morgan fingerprint density at radius 1 is 1.19 bits per heavy atom. The first-order valence-corrected chi connectivity index (χ1v) is 9.67. The van der Waals surface area contributed by atoms with Crippen LogP contribution in [0.5, 0.6) is 0 Å². The van der Waals surface area contributed by atoms with Gasteiger partial charge in [-0.15, -0.1) is 0 Å². The molecule has 7 nitrogen and oxygen atoms in total. The highest BCUT2D eigenvalue weighted by atomic mass is 16.5. The Bertz CT molecular complexity index is 779. The van der Waals surface area contributed by atoms with Gasteiger partial charge >= 0.3 is 0 Å². The number of benzene rings is 1. The zero-order chi connectivity index (χ0) is 19.0. The monoisotopic (exact) mass is 371 g/mol. The van der Waals surface area contributed by atoms with Crippen molar-refractivity contribution in [2.45, 2.75) is 50.2 Å². The van der Waals surface area contributed by atoms with Crippen LogP contribution in [-0.4, -0.2) is 54.0 Å². The molecule has 1 atom stereocenters. The Balaban J connectivity index is 1.52. The minimum atomic E-state index is -0.359. The number of hydrogen-bond acceptors (Lipinski definition) is 5. The second-order valence-corrected chi connectivity index (χ2v) is 7.76. The average Bonchev–Trinajstić information content (AvgIpc) is 3.40. The number of hydrogen-bond donors (Lipinski definition) is 2. The Hall–Kier alpha value is -2.25. The lowest BCUT2D eigenvalue weighted by Gasteiger charge is -2.28. The number of imide groups is 1. The van der Waals surface area contributed by atoms with Gasteiger partial charge in [-0.25, -0.2) is 0 Å². The van der Waals surface area contributed by atoms with Crippen LogP contribution in [0.2, 0.25) is 0 Å². The lowest BCUT2D eigenvalue weighted by molar-refractivity contribution is 0.0475. The lowest BCUT2D eigenvalue weighted by Crippen LogP contribution is -2.51. The van der Waals surface area contributed by atoms with Gasteiger partial charge in [-0.2, -0.15) is 0 Å². The zero-order valence-corrected chi connectivity index (χ0v) is 15.3. The number of rotatable bonds is 5. The van der Waals surface area contributed by atoms with Crippen LogP contribution in [0.4, 0.5) is 0 Å². The van der Waals surface area contributed by atoms with Crippen LogP contribution in [0.1, 0.15) is 69.6 Å². The Morgan fingerprint density at radius 3 is 2.59 bits per heavy atom. The molecule has 7 heteroatoms. The Labute approximate surface area is 158 Å². The molecule has 0 aromatic heterocycles. The van der Waals surface area contributed by atoms with E-state index < -0.39 is 0 Å². The van der Waals surface area contributed by atoms with E-state index in [1.807, 2.05) is 0 Å². The molecule has 1 aliphatic carbocycles. The fourth-order valence-electron chi connectivity index (χ4n) is 4.33. The van der Waals surface area contributed by atoms with Gasteiger partial charge in [0.15, 0.2) is 0 Å². The second-order valence-electron chi connectivity index (χ2n) is 7.76. The molecule has 0 spiro atoms. The van der Waals surface area contributed by atoms with Gasteiger partial charge in [0.25, 0.3) is 17.7 Å². The smallest absolute Gasteiger partial charge is 0.261 e. The minimum absolute atomic E-state index is 0.0956. The molecule has 1 saturated carbocycles. The number of amides is 3. The van der Waals surface area contributed by atoms with Crippen molar-refractivity contribution in [2.24, 2.45) is 5.73 Å². The van der Waals surface area contributed by atoms with Crippen molar-refractivity contribution < 1.29 is 19.1 Å². The predicted octanol–water partition coefficient (Wildman–Crippen LogP) is 1.46. The first-order valence-electron chi connectivity index (χ1n) is 9.67. The molecule has 1 aromatic rings. The van der Waals surface area contributed by atoms with E-state index in [2.05, 4.69) is 5.32 Å². The van der Waals surface area contributed by atoms with Crippen LogP contribution in [0.3, 0.4) is 0 Å². The van der Waals surface area contributed by atoms with Crippen LogP contribution in [0.25, 0.3) is 0 Å². The van der Waals surface area contributed by atoms with E-state index in [4.69, 9.17) is 10.5 Å². The number of carbonyl (C=O) groups is 3. The second kappa shape index (κ2) is 7.05. The van der Waals surface area contributed by atoms with Crippen molar-refractivity contribution in [3.63, 3.8) is 0 Å². The number of nitrogens with zero attached hydrogens (tertiary/aromatic N) is 1. The first kappa shape index (κ1) is 18.1. The van der Waals surface area contributed by atoms with Gasteiger partial charge in [-0.3, -0.25) is 19.3 Å². The number of nitrogens with two attached hydrogens (primary N) is 1. The van der Waals surface area contributed by atoms with Gasteiger partial charge in [0.1, 0.15) is 0 Å². The van der Waals surface area contributed by atoms with Crippen LogP contribution in [0.15, 0.2) is 18.2 Å². The summed E-state index contributed by atoms with van der Waals surface area (Å²) in [5.41, 5.74) is 6.55. The summed E-state index contributed by atoms with van der Waals surface area (Å²) in [5.74, 6) is -0.913. The average molecular weight is 371 g/mol. The summed E-state index contributed by atoms with van der Waals surface area (Å²) in [4.78, 5) is 39.3. The summed E-state index contributed by atoms with van der Waals surface area (Å²) in [6, 6.07) is 4.71. The third-order valence-corrected chi connectivity index (χ3v) is 5.97. The molecule has 1 aromatic carbocycles. The number of carbonyl (C=O) groups excluding carboxylic acids is 3. The van der Waals surface area contributed by atoms with E-state index in [1.54, 1.807) is 12.1 Å². The molecule has 3 N–H and O–H groups in total. The van der Waals surface area contributed by atoms with Gasteiger partial charge in [0.05, 0.1) is 29.3 Å². The van der Waals surface area contributed by atoms with Crippen molar-refractivity contribution in [2.75, 3.05) is 19.7 Å². The van der Waals surface area contributed by atoms with Crippen LogP contribution >= 0.6 is 0 Å². The molecule has 1 unspecified atom stereocenters. The molecule has 0 radical (unpaired) electrons. The summed E-state index contributed by atoms with van der Waals surface area (Å²) < 4.78 is 5.55. The van der Waals surface area contributed by atoms with Crippen molar-refractivity contribution in [3.05, 3.63) is 34.9 Å². The SMILES string of the molecule is NCC1(NC(=O)c2ccc3c(c2)C(=O)N(CC2CCCO2)C3=O)CCCC1. The highest BCUT2D eigenvalue weighted by Crippen LogP contribution is 2.30. The van der Waals surface area contributed by atoms with Crippen LogP contribution in [0, 0.1) is 0 Å². The van der Waals surface area contributed by atoms with Gasteiger partial charge in [0.2, 0.25) is 0 Å². The molecular weight excluding hydrogens is 346 g/mol. The number of ether oxygens (including phenoxy) is 1. The maximum absolute atomic E-state index is 12.7. The van der Waals surface area contributed by atoms with Crippen molar-refractivity contribution >= 4 is 17.7 Å². The molecule has 2 fully saturated rings. The van der Waals surface area contributed by atoms with Crippen molar-refractivity contribution in [1.82, 2.24) is 10.2 Å². The van der Waals surface area contributed by atoms with Gasteiger partial charge < -0.3 is 15.8 Å². The van der Waals surface area contributed by atoms with Gasteiger partial charge in [-0.05, 0) is 43.9 Å². The molecular formula is C20H25N3O4. The topological polar surface area (TPSA) is 102 Å². The summed E-state index contributed by atoms with van der Waals surface area (Å²) in [6.45, 7) is 1.33. The van der Waals surface area contributed by atoms with E-state index >= 15 is 0 Å². The zero-order valence-electron chi connectivity index (χ0n) is 15.3. The standard InChI is InChI=1S/C20H25N3O4/c21-12-20(7-1-2-8-20)22-17(24)13-5-6-15-16(10-13)19(26)23(18(15)25)11-14-4-3-9-27-14/h5-6,10,14H,1-4,7-9,11-12,21H2,(H,22,24). The van der Waals surface area contributed by atoms with E-state index in [9.17, 15) is 14.4 Å². The third-order valence-electron chi connectivity index (χ3n) is 5.97. The van der Waals surface area contributed by atoms with Crippen molar-refractivity contribution in [3.8, 4) is 0 Å². The summed E-state index contributed by atoms with van der Waals surface area (Å²) in [5, 5.41) is 3.05. The normalized spacial score (nSPS) is 23.7. The molecule has 3 aliphatic rings. The number of fused-ring (bicyclic) bond motifs is 1. The van der Waals surface area contributed by atoms with E-state index in [1.165, 1.54) is 11.0 Å². The van der Waals surface area contributed by atoms with E-state index in [-0.39, 0.29) is 35.9 Å². The summed E-state index contributed by atoms with van der Waals surface area (Å²) >= 11 is 0. The fraction of sp³-hybridized carbons (Fsp3) is 0.550. The van der Waals surface area contributed by atoms with Gasteiger partial charge in [-0.1, -0.05) is 12.8 Å². The molecule has 4 rings (SSSR count). The largest absolute Gasteiger partial charge is 0.376 e. The predicted molar refractivity (Wildman–Crippen MR) is 98.5 cm³/mol. The lowest BCUT2D eigenvalue weighted by atomic mass is 9.96. The molecule has 3 amide bonds. The van der Waals surface area contributed by atoms with Crippen LogP contribution < -0.4 is 11.1 Å². The molecule has 0 bridgehead atoms.